The lowest BCUT2D eigenvalue weighted by Gasteiger charge is -2.15. The van der Waals surface area contributed by atoms with Crippen LogP contribution in [0, 0.1) is 12.7 Å². The molecule has 3 N–H and O–H groups in total. The van der Waals surface area contributed by atoms with E-state index in [0.29, 0.717) is 11.3 Å². The molecule has 0 saturated carbocycles. The number of carbonyl (C=O) groups excluding carboxylic acids is 3. The fraction of sp³-hybridized carbons (Fsp3) is 0.0938. The molecule has 4 rings (SSSR count). The van der Waals surface area contributed by atoms with E-state index in [9.17, 15) is 18.8 Å². The smallest absolute Gasteiger partial charge is 0.272 e. The van der Waals surface area contributed by atoms with Gasteiger partial charge >= 0.3 is 0 Å². The van der Waals surface area contributed by atoms with E-state index in [1.807, 2.05) is 37.3 Å². The molecule has 3 amide bonds. The summed E-state index contributed by atoms with van der Waals surface area (Å²) in [5.41, 5.74) is 2.22. The lowest BCUT2D eigenvalue weighted by molar-refractivity contribution is -0.115. The van der Waals surface area contributed by atoms with Crippen molar-refractivity contribution in [2.75, 3.05) is 10.6 Å². The topological polar surface area (TPSA) is 87.3 Å². The van der Waals surface area contributed by atoms with Gasteiger partial charge in [0, 0.05) is 27.4 Å². The Bertz CT molecular complexity index is 1590. The van der Waals surface area contributed by atoms with E-state index in [1.54, 1.807) is 55.5 Å². The molecule has 0 spiro atoms. The van der Waals surface area contributed by atoms with Gasteiger partial charge in [0.25, 0.3) is 11.8 Å². The van der Waals surface area contributed by atoms with Crippen LogP contribution in [0.1, 0.15) is 28.4 Å². The molecule has 0 saturated heterocycles. The molecule has 0 fully saturated rings. The molecule has 9 heteroatoms. The second-order valence-corrected chi connectivity index (χ2v) is 10.9. The van der Waals surface area contributed by atoms with E-state index in [-0.39, 0.29) is 22.2 Å². The second kappa shape index (κ2) is 13.8. The van der Waals surface area contributed by atoms with Gasteiger partial charge in [0.05, 0.1) is 10.3 Å². The van der Waals surface area contributed by atoms with Crippen LogP contribution in [0.15, 0.2) is 108 Å². The van der Waals surface area contributed by atoms with Crippen molar-refractivity contribution in [1.82, 2.24) is 5.32 Å². The molecule has 1 unspecified atom stereocenters. The highest BCUT2D eigenvalue weighted by Gasteiger charge is 2.19. The highest BCUT2D eigenvalue weighted by atomic mass is 35.5. The van der Waals surface area contributed by atoms with Crippen molar-refractivity contribution < 1.29 is 18.8 Å². The number of benzene rings is 4. The maximum Gasteiger partial charge on any atom is 0.272 e. The van der Waals surface area contributed by atoms with Crippen molar-refractivity contribution in [3.05, 3.63) is 130 Å². The maximum absolute atomic E-state index is 14.6. The Kier molecular flexibility index (Phi) is 9.95. The molecule has 208 valence electrons. The fourth-order valence-electron chi connectivity index (χ4n) is 3.79. The van der Waals surface area contributed by atoms with Crippen LogP contribution in [0.2, 0.25) is 5.02 Å². The van der Waals surface area contributed by atoms with Gasteiger partial charge < -0.3 is 16.0 Å². The third-order valence-electron chi connectivity index (χ3n) is 5.99. The van der Waals surface area contributed by atoms with Gasteiger partial charge in [0.2, 0.25) is 5.91 Å². The predicted octanol–water partition coefficient (Wildman–Crippen LogP) is 7.32. The first-order valence-electron chi connectivity index (χ1n) is 12.7. The van der Waals surface area contributed by atoms with Crippen molar-refractivity contribution in [1.29, 1.82) is 0 Å². The zero-order valence-corrected chi connectivity index (χ0v) is 23.9. The summed E-state index contributed by atoms with van der Waals surface area (Å²) in [6.07, 6.45) is 1.20. The van der Waals surface area contributed by atoms with Crippen LogP contribution in [0.5, 0.6) is 0 Å². The second-order valence-electron chi connectivity index (χ2n) is 9.06. The monoisotopic (exact) mass is 587 g/mol. The number of halogens is 2. The SMILES string of the molecule is Cc1ccccc1NC(=O)C(C)Sc1cccc(NC(=O)/C(=C\c2c(F)cccc2Cl)NC(=O)c2ccccc2)c1. The zero-order chi connectivity index (χ0) is 29.4. The molecular formula is C32H27ClFN3O3S. The lowest BCUT2D eigenvalue weighted by atomic mass is 10.1. The third kappa shape index (κ3) is 8.06. The van der Waals surface area contributed by atoms with Crippen LogP contribution in [-0.2, 0) is 9.59 Å². The number of hydrogen-bond donors (Lipinski definition) is 3. The van der Waals surface area contributed by atoms with Crippen LogP contribution in [0.25, 0.3) is 6.08 Å². The van der Waals surface area contributed by atoms with Gasteiger partial charge in [-0.3, -0.25) is 14.4 Å². The molecule has 0 bridgehead atoms. The minimum absolute atomic E-state index is 0.0366. The molecule has 41 heavy (non-hydrogen) atoms. The van der Waals surface area contributed by atoms with Crippen LogP contribution in [-0.4, -0.2) is 23.0 Å². The number of carbonyl (C=O) groups is 3. The van der Waals surface area contributed by atoms with Crippen molar-refractivity contribution in [3.8, 4) is 0 Å². The average molecular weight is 588 g/mol. The van der Waals surface area contributed by atoms with E-state index >= 15 is 0 Å². The van der Waals surface area contributed by atoms with Crippen molar-refractivity contribution >= 4 is 58.5 Å². The molecule has 0 radical (unpaired) electrons. The summed E-state index contributed by atoms with van der Waals surface area (Å²) in [5, 5.41) is 7.91. The summed E-state index contributed by atoms with van der Waals surface area (Å²) in [4.78, 5) is 39.7. The molecular weight excluding hydrogens is 561 g/mol. The first kappa shape index (κ1) is 29.6. The van der Waals surface area contributed by atoms with Crippen LogP contribution in [0.3, 0.4) is 0 Å². The van der Waals surface area contributed by atoms with Crippen molar-refractivity contribution in [2.45, 2.75) is 24.0 Å². The van der Waals surface area contributed by atoms with Gasteiger partial charge in [-0.25, -0.2) is 4.39 Å². The molecule has 4 aromatic carbocycles. The average Bonchev–Trinajstić information content (AvgIpc) is 2.96. The first-order valence-corrected chi connectivity index (χ1v) is 13.9. The summed E-state index contributed by atoms with van der Waals surface area (Å²) in [7, 11) is 0. The third-order valence-corrected chi connectivity index (χ3v) is 7.42. The van der Waals surface area contributed by atoms with Gasteiger partial charge in [0.15, 0.2) is 0 Å². The minimum Gasteiger partial charge on any atom is -0.325 e. The molecule has 0 heterocycles. The molecule has 0 aliphatic carbocycles. The largest absolute Gasteiger partial charge is 0.325 e. The van der Waals surface area contributed by atoms with E-state index in [0.717, 1.165) is 16.1 Å². The Labute approximate surface area is 247 Å². The Hall–Kier alpha value is -4.40. The van der Waals surface area contributed by atoms with E-state index in [4.69, 9.17) is 11.6 Å². The number of aryl methyl sites for hydroxylation is 1. The Balaban J connectivity index is 1.52. The summed E-state index contributed by atoms with van der Waals surface area (Å²) in [6.45, 7) is 3.71. The zero-order valence-electron chi connectivity index (χ0n) is 22.3. The Morgan fingerprint density at radius 2 is 1.59 bits per heavy atom. The molecule has 0 aliphatic rings. The number of rotatable bonds is 9. The Morgan fingerprint density at radius 1 is 0.878 bits per heavy atom. The standard InChI is InChI=1S/C32H27ClFN3O3S/c1-20-10-6-7-17-28(20)36-30(38)21(2)41-24-14-8-13-23(18-24)35-32(40)29(19-25-26(33)15-9-16-27(25)34)37-31(39)22-11-4-3-5-12-22/h3-19,21H,1-2H3,(H,35,40)(H,36,38)(H,37,39)/b29-19+. The number of anilines is 2. The lowest BCUT2D eigenvalue weighted by Crippen LogP contribution is -2.30. The van der Waals surface area contributed by atoms with Gasteiger partial charge in [-0.1, -0.05) is 60.1 Å². The number of amides is 3. The van der Waals surface area contributed by atoms with Crippen LogP contribution in [0.4, 0.5) is 15.8 Å². The number of nitrogens with one attached hydrogen (secondary N) is 3. The fourth-order valence-corrected chi connectivity index (χ4v) is 4.93. The maximum atomic E-state index is 14.6. The predicted molar refractivity (Wildman–Crippen MR) is 163 cm³/mol. The van der Waals surface area contributed by atoms with Crippen molar-refractivity contribution in [3.63, 3.8) is 0 Å². The van der Waals surface area contributed by atoms with E-state index in [1.165, 1.54) is 36.0 Å². The first-order chi connectivity index (χ1) is 19.7. The van der Waals surface area contributed by atoms with Gasteiger partial charge in [-0.2, -0.15) is 0 Å². The summed E-state index contributed by atoms with van der Waals surface area (Å²) in [5.74, 6) is -2.03. The summed E-state index contributed by atoms with van der Waals surface area (Å²) < 4.78 is 14.6. The number of para-hydroxylation sites is 1. The molecule has 6 nitrogen and oxygen atoms in total. The quantitative estimate of drug-likeness (QED) is 0.141. The van der Waals surface area contributed by atoms with E-state index < -0.39 is 22.9 Å². The molecule has 0 aromatic heterocycles. The molecule has 1 atom stereocenters. The summed E-state index contributed by atoms with van der Waals surface area (Å²) in [6, 6.07) is 27.0. The summed E-state index contributed by atoms with van der Waals surface area (Å²) >= 11 is 7.51. The highest BCUT2D eigenvalue weighted by Crippen LogP contribution is 2.28. The van der Waals surface area contributed by atoms with E-state index in [2.05, 4.69) is 16.0 Å². The Morgan fingerprint density at radius 3 is 2.32 bits per heavy atom. The van der Waals surface area contributed by atoms with Crippen LogP contribution < -0.4 is 16.0 Å². The van der Waals surface area contributed by atoms with Gasteiger partial charge in [-0.05, 0) is 74.0 Å². The minimum atomic E-state index is -0.680. The number of thioether (sulfide) groups is 1. The van der Waals surface area contributed by atoms with Gasteiger partial charge in [0.1, 0.15) is 11.5 Å². The highest BCUT2D eigenvalue weighted by molar-refractivity contribution is 8.00. The normalized spacial score (nSPS) is 11.9. The molecule has 0 aliphatic heterocycles. The molecule has 4 aromatic rings. The van der Waals surface area contributed by atoms with Crippen LogP contribution >= 0.6 is 23.4 Å². The van der Waals surface area contributed by atoms with Gasteiger partial charge in [-0.15, -0.1) is 11.8 Å². The van der Waals surface area contributed by atoms with Crippen molar-refractivity contribution in [2.24, 2.45) is 0 Å². The number of hydrogen-bond acceptors (Lipinski definition) is 4.